The lowest BCUT2D eigenvalue weighted by Gasteiger charge is -2.42. The van der Waals surface area contributed by atoms with Crippen LogP contribution < -0.4 is 15.0 Å². The molecule has 2 saturated heterocycles. The Morgan fingerprint density at radius 3 is 2.62 bits per heavy atom. The second kappa shape index (κ2) is 13.7. The summed E-state index contributed by atoms with van der Waals surface area (Å²) in [4.78, 5) is 40.9. The molecule has 3 aliphatic rings. The van der Waals surface area contributed by atoms with Crippen molar-refractivity contribution in [3.8, 4) is 5.75 Å². The molecule has 12 heteroatoms. The normalized spacial score (nSPS) is 32.3. The number of benzene rings is 1. The van der Waals surface area contributed by atoms with E-state index >= 15 is 0 Å². The van der Waals surface area contributed by atoms with Crippen LogP contribution in [0.5, 0.6) is 5.75 Å². The van der Waals surface area contributed by atoms with Crippen molar-refractivity contribution in [2.75, 3.05) is 26.2 Å². The lowest BCUT2D eigenvalue weighted by molar-refractivity contribution is -0.154. The molecule has 2 amide bonds. The second-order valence-electron chi connectivity index (χ2n) is 12.9. The van der Waals surface area contributed by atoms with Gasteiger partial charge in [0.05, 0.1) is 25.3 Å². The highest BCUT2D eigenvalue weighted by Gasteiger charge is 2.64. The number of methoxy groups -OCH3 is 2. The molecule has 7 atom stereocenters. The third-order valence-electron chi connectivity index (χ3n) is 8.80. The minimum absolute atomic E-state index is 0.00495. The van der Waals surface area contributed by atoms with Crippen LogP contribution >= 0.6 is 11.6 Å². The van der Waals surface area contributed by atoms with Gasteiger partial charge in [-0.15, -0.1) is 0 Å². The molecule has 4 rings (SSSR count). The first kappa shape index (κ1) is 34.7. The molecule has 2 fully saturated rings. The maximum atomic E-state index is 13.8. The summed E-state index contributed by atoms with van der Waals surface area (Å²) >= 11 is 6.70. The van der Waals surface area contributed by atoms with Gasteiger partial charge in [-0.2, -0.15) is 0 Å². The summed E-state index contributed by atoms with van der Waals surface area (Å²) in [5, 5.41) is 14.4. The van der Waals surface area contributed by atoms with Crippen LogP contribution in [-0.4, -0.2) is 80.1 Å². The number of esters is 1. The van der Waals surface area contributed by atoms with Crippen LogP contribution in [0.4, 0.5) is 10.5 Å². The number of nitrogens with zero attached hydrogens (tertiary/aromatic N) is 1. The van der Waals surface area contributed by atoms with Crippen molar-refractivity contribution in [3.63, 3.8) is 0 Å². The van der Waals surface area contributed by atoms with Crippen LogP contribution in [0.2, 0.25) is 5.02 Å². The highest BCUT2D eigenvalue weighted by molar-refractivity contribution is 6.35. The van der Waals surface area contributed by atoms with E-state index in [0.717, 1.165) is 11.1 Å². The fourth-order valence-corrected chi connectivity index (χ4v) is 6.46. The molecule has 11 nitrogen and oxygen atoms in total. The number of hydrogen-bond acceptors (Lipinski definition) is 9. The number of amides is 2. The van der Waals surface area contributed by atoms with Crippen molar-refractivity contribution >= 4 is 35.3 Å². The lowest BCUT2D eigenvalue weighted by atomic mass is 9.83. The number of carbonyl (C=O) groups is 3. The van der Waals surface area contributed by atoms with Gasteiger partial charge in [0.25, 0.3) is 0 Å². The van der Waals surface area contributed by atoms with Gasteiger partial charge >= 0.3 is 12.1 Å². The summed E-state index contributed by atoms with van der Waals surface area (Å²) in [6.45, 7) is 9.36. The van der Waals surface area contributed by atoms with Gasteiger partial charge in [-0.3, -0.25) is 14.9 Å². The number of alkyl carbamates (subject to hydrolysis) is 1. The Labute approximate surface area is 269 Å². The number of rotatable bonds is 5. The summed E-state index contributed by atoms with van der Waals surface area (Å²) in [6, 6.07) is 3.64. The fraction of sp³-hybridized carbons (Fsp3) is 0.606. The topological polar surface area (TPSA) is 136 Å². The molecule has 0 aliphatic carbocycles. The molecule has 4 bridgehead atoms. The Hall–Kier alpha value is -3.12. The molecule has 1 aromatic rings. The maximum Gasteiger partial charge on any atom is 0.409 e. The number of nitrogens with one attached hydrogen (secondary N) is 1. The van der Waals surface area contributed by atoms with Gasteiger partial charge in [0, 0.05) is 32.9 Å². The summed E-state index contributed by atoms with van der Waals surface area (Å²) in [7, 11) is 4.57. The molecule has 2 N–H and O–H groups in total. The summed E-state index contributed by atoms with van der Waals surface area (Å²) in [6.07, 6.45) is 1.84. The largest absolute Gasteiger partial charge is 0.495 e. The molecule has 248 valence electrons. The lowest BCUT2D eigenvalue weighted by Crippen LogP contribution is -2.63. The third-order valence-corrected chi connectivity index (χ3v) is 9.18. The number of fused-ring (bicyclic) bond motifs is 5. The van der Waals surface area contributed by atoms with Gasteiger partial charge in [0.15, 0.2) is 5.72 Å². The minimum atomic E-state index is -1.77. The zero-order valence-corrected chi connectivity index (χ0v) is 28.0. The van der Waals surface area contributed by atoms with Gasteiger partial charge in [-0.25, -0.2) is 4.79 Å². The first-order chi connectivity index (χ1) is 21.1. The number of carbonyl (C=O) groups excluding carboxylic acids is 3. The molecule has 0 spiro atoms. The number of halogens is 1. The molecule has 0 radical (unpaired) electrons. The van der Waals surface area contributed by atoms with Gasteiger partial charge in [-0.1, -0.05) is 56.2 Å². The van der Waals surface area contributed by atoms with Crippen LogP contribution in [0.15, 0.2) is 35.9 Å². The number of allylic oxidation sites excluding steroid dienone is 3. The Balaban J connectivity index is 1.79. The Kier molecular flexibility index (Phi) is 10.6. The van der Waals surface area contributed by atoms with E-state index < -0.39 is 53.7 Å². The molecular weight excluding hydrogens is 604 g/mol. The molecule has 0 aromatic heterocycles. The number of anilines is 1. The smallest absolute Gasteiger partial charge is 0.409 e. The zero-order chi connectivity index (χ0) is 33.3. The molecule has 0 unspecified atom stereocenters. The van der Waals surface area contributed by atoms with Crippen molar-refractivity contribution in [3.05, 3.63) is 46.5 Å². The second-order valence-corrected chi connectivity index (χ2v) is 13.3. The number of epoxide rings is 1. The van der Waals surface area contributed by atoms with E-state index in [-0.39, 0.29) is 36.1 Å². The first-order valence-corrected chi connectivity index (χ1v) is 15.6. The number of aliphatic hydroxyl groups is 1. The number of ether oxygens (including phenoxy) is 5. The molecule has 3 aliphatic heterocycles. The zero-order valence-electron chi connectivity index (χ0n) is 27.2. The molecule has 0 saturated carbocycles. The van der Waals surface area contributed by atoms with Crippen molar-refractivity contribution in [2.24, 2.45) is 11.8 Å². The average Bonchev–Trinajstić information content (AvgIpc) is 3.65. The number of hydrogen-bond donors (Lipinski definition) is 2. The maximum absolute atomic E-state index is 13.8. The summed E-state index contributed by atoms with van der Waals surface area (Å²) < 4.78 is 28.9. The van der Waals surface area contributed by atoms with Gasteiger partial charge in [0.2, 0.25) is 5.91 Å². The van der Waals surface area contributed by atoms with Crippen LogP contribution in [0, 0.1) is 11.8 Å². The average molecular weight is 649 g/mol. The van der Waals surface area contributed by atoms with E-state index in [9.17, 15) is 19.5 Å². The van der Waals surface area contributed by atoms with E-state index in [1.807, 2.05) is 45.9 Å². The standard InChI is InChI=1S/C33H45ClN2O9/c1-18(2)12-28(38)44-26-16-27(37)36(6)22-14-21(15-23(41-7)29(22)34)13-19(3)10-9-11-25(42-8)33(40)17-24(43-31(39)35-33)20(4)30-32(26,5)45-30/h9-11,14-15,18,20,24-26,30,40H,12-13,16-17H2,1-8H3,(H,35,39)/t20-,24+,25-,26+,30+,32+,33+/m1/s1. The molecular formula is C33H45ClN2O9. The predicted octanol–water partition coefficient (Wildman–Crippen LogP) is 4.71. The predicted molar refractivity (Wildman–Crippen MR) is 168 cm³/mol. The van der Waals surface area contributed by atoms with Crippen LogP contribution in [0.25, 0.3) is 0 Å². The van der Waals surface area contributed by atoms with Crippen LogP contribution in [-0.2, 0) is 35.0 Å². The highest BCUT2D eigenvalue weighted by atomic mass is 35.5. The summed E-state index contributed by atoms with van der Waals surface area (Å²) in [5.41, 5.74) is -0.578. The van der Waals surface area contributed by atoms with E-state index in [1.165, 1.54) is 19.1 Å². The Bertz CT molecular complexity index is 1360. The molecule has 45 heavy (non-hydrogen) atoms. The summed E-state index contributed by atoms with van der Waals surface area (Å²) in [5.74, 6) is -0.779. The van der Waals surface area contributed by atoms with Crippen molar-refractivity contribution in [1.29, 1.82) is 0 Å². The van der Waals surface area contributed by atoms with E-state index in [4.69, 9.17) is 35.3 Å². The minimum Gasteiger partial charge on any atom is -0.495 e. The molecule has 1 aromatic carbocycles. The van der Waals surface area contributed by atoms with Gasteiger partial charge in [0.1, 0.15) is 34.7 Å². The van der Waals surface area contributed by atoms with Crippen LogP contribution in [0.3, 0.4) is 0 Å². The Morgan fingerprint density at radius 1 is 1.27 bits per heavy atom. The van der Waals surface area contributed by atoms with Gasteiger partial charge in [-0.05, 0) is 43.9 Å². The molecule has 3 heterocycles. The Morgan fingerprint density at radius 2 is 1.98 bits per heavy atom. The quantitative estimate of drug-likeness (QED) is 0.344. The van der Waals surface area contributed by atoms with Crippen molar-refractivity contribution in [1.82, 2.24) is 5.32 Å². The van der Waals surface area contributed by atoms with E-state index in [0.29, 0.717) is 17.9 Å². The van der Waals surface area contributed by atoms with E-state index in [1.54, 1.807) is 26.1 Å². The fourth-order valence-electron chi connectivity index (χ4n) is 6.15. The van der Waals surface area contributed by atoms with Gasteiger partial charge < -0.3 is 33.7 Å². The third kappa shape index (κ3) is 7.65. The van der Waals surface area contributed by atoms with Crippen molar-refractivity contribution < 1.29 is 43.2 Å². The van der Waals surface area contributed by atoms with Crippen LogP contribution in [0.1, 0.15) is 59.4 Å². The van der Waals surface area contributed by atoms with Crippen molar-refractivity contribution in [2.45, 2.75) is 96.0 Å². The first-order valence-electron chi connectivity index (χ1n) is 15.2. The SMILES string of the molecule is COc1cc2cc(c1Cl)N(C)C(=O)C[C@H](OC(=O)CC(C)C)[C@]1(C)O[C@H]1[C@H](C)[C@@H]1C[C@@](O)(NC(=O)O1)[C@H](OC)C=CC=C(C)C2. The highest BCUT2D eigenvalue weighted by Crippen LogP contribution is 2.49. The monoisotopic (exact) mass is 648 g/mol. The van der Waals surface area contributed by atoms with E-state index in [2.05, 4.69) is 5.32 Å².